The molecule has 0 aliphatic heterocycles. The Morgan fingerprint density at radius 3 is 2.90 bits per heavy atom. The number of fused-ring (bicyclic) bond motifs is 1. The molecule has 0 spiro atoms. The van der Waals surface area contributed by atoms with Crippen molar-refractivity contribution in [1.29, 1.82) is 0 Å². The molecule has 1 aromatic carbocycles. The van der Waals surface area contributed by atoms with Gasteiger partial charge in [-0.25, -0.2) is 4.98 Å². The van der Waals surface area contributed by atoms with E-state index in [4.69, 9.17) is 10.5 Å². The summed E-state index contributed by atoms with van der Waals surface area (Å²) in [5.74, 6) is 1.44. The number of aromatic nitrogens is 2. The molecule has 0 bridgehead atoms. The van der Waals surface area contributed by atoms with Crippen molar-refractivity contribution in [2.45, 2.75) is 13.3 Å². The maximum Gasteiger partial charge on any atom is 0.153 e. The van der Waals surface area contributed by atoms with E-state index in [1.807, 2.05) is 49.5 Å². The normalized spacial score (nSPS) is 10.8. The highest BCUT2D eigenvalue weighted by Crippen LogP contribution is 2.28. The first-order chi connectivity index (χ1) is 10.3. The molecule has 2 aromatic heterocycles. The summed E-state index contributed by atoms with van der Waals surface area (Å²) >= 11 is 0. The first-order valence-electron chi connectivity index (χ1n) is 6.94. The second kappa shape index (κ2) is 5.89. The number of aryl methyl sites for hydroxylation is 1. The van der Waals surface area contributed by atoms with Crippen molar-refractivity contribution in [1.82, 2.24) is 9.97 Å². The highest BCUT2D eigenvalue weighted by Gasteiger charge is 2.06. The summed E-state index contributed by atoms with van der Waals surface area (Å²) in [7, 11) is 0. The molecule has 4 nitrogen and oxygen atoms in total. The van der Waals surface area contributed by atoms with Crippen molar-refractivity contribution in [3.63, 3.8) is 0 Å². The molecule has 0 aliphatic carbocycles. The molecule has 2 N–H and O–H groups in total. The molecule has 0 unspecified atom stereocenters. The van der Waals surface area contributed by atoms with Gasteiger partial charge in [-0.05, 0) is 43.7 Å². The van der Waals surface area contributed by atoms with Crippen LogP contribution >= 0.6 is 0 Å². The molecule has 3 rings (SSSR count). The van der Waals surface area contributed by atoms with Crippen LogP contribution in [0.25, 0.3) is 10.9 Å². The van der Waals surface area contributed by atoms with E-state index in [1.54, 1.807) is 6.20 Å². The van der Waals surface area contributed by atoms with Gasteiger partial charge in [0.1, 0.15) is 11.3 Å². The zero-order chi connectivity index (χ0) is 14.7. The minimum Gasteiger partial charge on any atom is -0.453 e. The van der Waals surface area contributed by atoms with Crippen molar-refractivity contribution in [3.8, 4) is 11.5 Å². The molecule has 0 fully saturated rings. The highest BCUT2D eigenvalue weighted by molar-refractivity contribution is 5.84. The Labute approximate surface area is 123 Å². The number of nitrogens with zero attached hydrogens (tertiary/aromatic N) is 2. The van der Waals surface area contributed by atoms with E-state index in [0.717, 1.165) is 34.3 Å². The van der Waals surface area contributed by atoms with Crippen LogP contribution in [0.4, 0.5) is 0 Å². The van der Waals surface area contributed by atoms with Gasteiger partial charge < -0.3 is 10.5 Å². The van der Waals surface area contributed by atoms with Gasteiger partial charge >= 0.3 is 0 Å². The monoisotopic (exact) mass is 279 g/mol. The predicted octanol–water partition coefficient (Wildman–Crippen LogP) is 3.23. The molecule has 4 heteroatoms. The van der Waals surface area contributed by atoms with Gasteiger partial charge in [-0.2, -0.15) is 0 Å². The summed E-state index contributed by atoms with van der Waals surface area (Å²) in [5, 5.41) is 1.06. The number of rotatable bonds is 4. The fourth-order valence-corrected chi connectivity index (χ4v) is 2.25. The van der Waals surface area contributed by atoms with Crippen LogP contribution in [-0.4, -0.2) is 16.5 Å². The van der Waals surface area contributed by atoms with E-state index < -0.39 is 0 Å². The van der Waals surface area contributed by atoms with Gasteiger partial charge in [-0.15, -0.1) is 0 Å². The van der Waals surface area contributed by atoms with Crippen molar-refractivity contribution < 1.29 is 4.74 Å². The van der Waals surface area contributed by atoms with Crippen LogP contribution in [0, 0.1) is 6.92 Å². The molecular weight excluding hydrogens is 262 g/mol. The highest BCUT2D eigenvalue weighted by atomic mass is 16.5. The van der Waals surface area contributed by atoms with Gasteiger partial charge in [0.2, 0.25) is 0 Å². The minimum atomic E-state index is 0.597. The predicted molar refractivity (Wildman–Crippen MR) is 83.5 cm³/mol. The number of hydrogen-bond acceptors (Lipinski definition) is 4. The summed E-state index contributed by atoms with van der Waals surface area (Å²) in [6.07, 6.45) is 4.30. The fraction of sp³-hybridized carbons (Fsp3) is 0.176. The SMILES string of the molecule is Cc1ccc2cccc(Oc3cncc(CCN)c3)c2n1. The van der Waals surface area contributed by atoms with E-state index in [0.29, 0.717) is 12.3 Å². The lowest BCUT2D eigenvalue weighted by Crippen LogP contribution is -2.03. The summed E-state index contributed by atoms with van der Waals surface area (Å²) in [6, 6.07) is 11.9. The van der Waals surface area contributed by atoms with Crippen molar-refractivity contribution in [2.75, 3.05) is 6.54 Å². The Morgan fingerprint density at radius 2 is 2.05 bits per heavy atom. The summed E-state index contributed by atoms with van der Waals surface area (Å²) in [5.41, 5.74) is 8.47. The molecule has 0 atom stereocenters. The van der Waals surface area contributed by atoms with E-state index in [-0.39, 0.29) is 0 Å². The third-order valence-electron chi connectivity index (χ3n) is 3.25. The number of para-hydroxylation sites is 1. The van der Waals surface area contributed by atoms with Crippen LogP contribution in [0.3, 0.4) is 0 Å². The first kappa shape index (κ1) is 13.5. The average Bonchev–Trinajstić information content (AvgIpc) is 2.49. The maximum absolute atomic E-state index is 5.97. The minimum absolute atomic E-state index is 0.597. The topological polar surface area (TPSA) is 61.0 Å². The number of hydrogen-bond donors (Lipinski definition) is 1. The van der Waals surface area contributed by atoms with Crippen molar-refractivity contribution in [2.24, 2.45) is 5.73 Å². The van der Waals surface area contributed by atoms with Crippen LogP contribution in [-0.2, 0) is 6.42 Å². The average molecular weight is 279 g/mol. The van der Waals surface area contributed by atoms with E-state index >= 15 is 0 Å². The number of pyridine rings is 2. The fourth-order valence-electron chi connectivity index (χ4n) is 2.25. The Hall–Kier alpha value is -2.46. The largest absolute Gasteiger partial charge is 0.453 e. The third kappa shape index (κ3) is 3.01. The number of ether oxygens (including phenoxy) is 1. The molecule has 0 saturated heterocycles. The molecule has 2 heterocycles. The van der Waals surface area contributed by atoms with Gasteiger partial charge in [-0.1, -0.05) is 18.2 Å². The quantitative estimate of drug-likeness (QED) is 0.796. The Kier molecular flexibility index (Phi) is 3.79. The Morgan fingerprint density at radius 1 is 1.14 bits per heavy atom. The van der Waals surface area contributed by atoms with Gasteiger partial charge in [0.05, 0.1) is 6.20 Å². The van der Waals surface area contributed by atoms with Crippen LogP contribution in [0.1, 0.15) is 11.3 Å². The lowest BCUT2D eigenvalue weighted by molar-refractivity contribution is 0.484. The zero-order valence-corrected chi connectivity index (χ0v) is 11.9. The van der Waals surface area contributed by atoms with Crippen LogP contribution in [0.2, 0.25) is 0 Å². The second-order valence-electron chi connectivity index (χ2n) is 4.95. The molecule has 0 radical (unpaired) electrons. The summed E-state index contributed by atoms with van der Waals surface area (Å²) < 4.78 is 5.97. The maximum atomic E-state index is 5.97. The molecular formula is C17H17N3O. The van der Waals surface area contributed by atoms with Gasteiger partial charge in [0.15, 0.2) is 5.75 Å². The standard InChI is InChI=1S/C17H17N3O/c1-12-5-6-14-3-2-4-16(17(14)20-12)21-15-9-13(7-8-18)10-19-11-15/h2-6,9-11H,7-8,18H2,1H3. The van der Waals surface area contributed by atoms with Crippen molar-refractivity contribution in [3.05, 3.63) is 60.0 Å². The van der Waals surface area contributed by atoms with Crippen LogP contribution < -0.4 is 10.5 Å². The van der Waals surface area contributed by atoms with E-state index in [9.17, 15) is 0 Å². The number of benzene rings is 1. The van der Waals surface area contributed by atoms with E-state index in [1.165, 1.54) is 0 Å². The molecule has 3 aromatic rings. The Balaban J connectivity index is 1.98. The van der Waals surface area contributed by atoms with Crippen LogP contribution in [0.15, 0.2) is 48.8 Å². The van der Waals surface area contributed by atoms with Crippen molar-refractivity contribution >= 4 is 10.9 Å². The van der Waals surface area contributed by atoms with E-state index in [2.05, 4.69) is 9.97 Å². The lowest BCUT2D eigenvalue weighted by Gasteiger charge is -2.09. The first-order valence-corrected chi connectivity index (χ1v) is 6.94. The zero-order valence-electron chi connectivity index (χ0n) is 11.9. The lowest BCUT2D eigenvalue weighted by atomic mass is 10.2. The molecule has 106 valence electrons. The third-order valence-corrected chi connectivity index (χ3v) is 3.25. The molecule has 21 heavy (non-hydrogen) atoms. The van der Waals surface area contributed by atoms with Gasteiger partial charge in [0.25, 0.3) is 0 Å². The van der Waals surface area contributed by atoms with Crippen LogP contribution in [0.5, 0.6) is 11.5 Å². The number of nitrogens with two attached hydrogens (primary N) is 1. The molecule has 0 saturated carbocycles. The summed E-state index contributed by atoms with van der Waals surface area (Å²) in [4.78, 5) is 8.76. The molecule has 0 amide bonds. The summed E-state index contributed by atoms with van der Waals surface area (Å²) in [6.45, 7) is 2.57. The second-order valence-corrected chi connectivity index (χ2v) is 4.95. The van der Waals surface area contributed by atoms with Gasteiger partial charge in [0, 0.05) is 17.3 Å². The smallest absolute Gasteiger partial charge is 0.153 e. The van der Waals surface area contributed by atoms with Gasteiger partial charge in [-0.3, -0.25) is 4.98 Å². The Bertz CT molecular complexity index is 771. The molecule has 0 aliphatic rings.